The Balaban J connectivity index is 0.00000245. The van der Waals surface area contributed by atoms with Crippen molar-refractivity contribution in [1.29, 1.82) is 0 Å². The van der Waals surface area contributed by atoms with E-state index in [-0.39, 0.29) is 24.9 Å². The lowest BCUT2D eigenvalue weighted by molar-refractivity contribution is -0.142. The maximum Gasteiger partial charge on any atom is 0.319 e. The van der Waals surface area contributed by atoms with Crippen LogP contribution in [0, 0.1) is 0 Å². The predicted octanol–water partition coefficient (Wildman–Crippen LogP) is 4.15. The van der Waals surface area contributed by atoms with Crippen LogP contribution in [0.5, 0.6) is 0 Å². The number of hydrogen-bond acceptors (Lipinski definition) is 5. The molecule has 0 bridgehead atoms. The zero-order valence-electron chi connectivity index (χ0n) is 18.1. The second kappa shape index (κ2) is 22.7. The molecule has 1 saturated heterocycles. The maximum absolute atomic E-state index is 11.7. The highest BCUT2D eigenvalue weighted by Crippen LogP contribution is 2.13. The van der Waals surface area contributed by atoms with Crippen LogP contribution < -0.4 is 10.6 Å². The number of nitrogens with one attached hydrogen (secondary N) is 2. The summed E-state index contributed by atoms with van der Waals surface area (Å²) < 4.78 is 5.19. The van der Waals surface area contributed by atoms with Crippen molar-refractivity contribution in [2.75, 3.05) is 19.8 Å². The average Bonchev–Trinajstić information content (AvgIpc) is 2.70. The van der Waals surface area contributed by atoms with Crippen molar-refractivity contribution in [3.63, 3.8) is 0 Å². The highest BCUT2D eigenvalue weighted by atomic mass is 16.5. The lowest BCUT2D eigenvalue weighted by atomic mass is 10.0. The third-order valence-electron chi connectivity index (χ3n) is 4.99. The third kappa shape index (κ3) is 22.5. The van der Waals surface area contributed by atoms with Crippen molar-refractivity contribution in [2.45, 2.75) is 103 Å². The van der Waals surface area contributed by atoms with Crippen LogP contribution in [-0.2, 0) is 19.1 Å². The Labute approximate surface area is 176 Å². The highest BCUT2D eigenvalue weighted by Gasteiger charge is 2.04. The molecule has 1 heterocycles. The largest absolute Gasteiger partial charge is 0.483 e. The van der Waals surface area contributed by atoms with Crippen LogP contribution in [0.25, 0.3) is 0 Å². The fourth-order valence-corrected chi connectivity index (χ4v) is 3.34. The Morgan fingerprint density at radius 2 is 1.14 bits per heavy atom. The van der Waals surface area contributed by atoms with Gasteiger partial charge in [0.2, 0.25) is 5.91 Å². The molecule has 3 N–H and O–H groups in total. The molecule has 1 fully saturated rings. The van der Waals surface area contributed by atoms with Gasteiger partial charge in [-0.1, -0.05) is 83.5 Å². The molecule has 0 unspecified atom stereocenters. The van der Waals surface area contributed by atoms with Gasteiger partial charge >= 0.3 is 5.97 Å². The Morgan fingerprint density at radius 1 is 0.724 bits per heavy atom. The fraction of sp³-hybridized carbons (Fsp3) is 0.864. The molecule has 0 spiro atoms. The second-order valence-electron chi connectivity index (χ2n) is 7.58. The SMILES string of the molecule is O=C1CCCCCCCCCCCCCCCCCOC(=O)CNCN1.O=CO. The van der Waals surface area contributed by atoms with E-state index in [1.807, 2.05) is 0 Å². The molecule has 0 saturated carbocycles. The smallest absolute Gasteiger partial charge is 0.319 e. The third-order valence-corrected chi connectivity index (χ3v) is 4.99. The molecule has 1 rings (SSSR count). The van der Waals surface area contributed by atoms with E-state index in [4.69, 9.17) is 14.6 Å². The van der Waals surface area contributed by atoms with Crippen LogP contribution in [0.2, 0.25) is 0 Å². The van der Waals surface area contributed by atoms with Crippen LogP contribution >= 0.6 is 0 Å². The van der Waals surface area contributed by atoms with Crippen LogP contribution in [0.15, 0.2) is 0 Å². The highest BCUT2D eigenvalue weighted by molar-refractivity contribution is 5.76. The van der Waals surface area contributed by atoms with Gasteiger partial charge in [-0.15, -0.1) is 0 Å². The molecule has 1 amide bonds. The molecule has 0 aromatic heterocycles. The molecule has 29 heavy (non-hydrogen) atoms. The van der Waals surface area contributed by atoms with Crippen molar-refractivity contribution in [2.24, 2.45) is 0 Å². The van der Waals surface area contributed by atoms with Gasteiger partial charge in [-0.3, -0.25) is 19.7 Å². The first-order valence-electron chi connectivity index (χ1n) is 11.4. The molecule has 0 radical (unpaired) electrons. The van der Waals surface area contributed by atoms with Gasteiger partial charge in [0, 0.05) is 6.42 Å². The zero-order valence-corrected chi connectivity index (χ0v) is 18.1. The van der Waals surface area contributed by atoms with Gasteiger partial charge in [0.05, 0.1) is 19.8 Å². The number of cyclic esters (lactones) is 1. The van der Waals surface area contributed by atoms with Crippen molar-refractivity contribution < 1.29 is 24.2 Å². The van der Waals surface area contributed by atoms with Crippen molar-refractivity contribution >= 4 is 18.3 Å². The molecule has 0 aromatic carbocycles. The van der Waals surface area contributed by atoms with E-state index in [1.54, 1.807) is 0 Å². The summed E-state index contributed by atoms with van der Waals surface area (Å²) in [7, 11) is 0. The van der Waals surface area contributed by atoms with Gasteiger partial charge in [-0.25, -0.2) is 0 Å². The second-order valence-corrected chi connectivity index (χ2v) is 7.58. The van der Waals surface area contributed by atoms with E-state index in [9.17, 15) is 9.59 Å². The maximum atomic E-state index is 11.7. The van der Waals surface area contributed by atoms with Crippen LogP contribution in [0.3, 0.4) is 0 Å². The number of carboxylic acid groups (broad SMARTS) is 1. The van der Waals surface area contributed by atoms with E-state index >= 15 is 0 Å². The Morgan fingerprint density at radius 3 is 1.62 bits per heavy atom. The molecular weight excluding hydrogens is 372 g/mol. The number of carbonyl (C=O) groups excluding carboxylic acids is 2. The molecule has 1 aliphatic rings. The van der Waals surface area contributed by atoms with Crippen molar-refractivity contribution in [3.05, 3.63) is 0 Å². The first kappa shape index (κ1) is 27.4. The van der Waals surface area contributed by atoms with Gasteiger partial charge in [-0.05, 0) is 12.8 Å². The molecule has 170 valence electrons. The summed E-state index contributed by atoms with van der Waals surface area (Å²) in [6, 6.07) is 0. The fourth-order valence-electron chi connectivity index (χ4n) is 3.34. The van der Waals surface area contributed by atoms with Crippen LogP contribution in [0.4, 0.5) is 0 Å². The number of carbonyl (C=O) groups is 3. The van der Waals surface area contributed by atoms with Gasteiger partial charge < -0.3 is 15.2 Å². The first-order chi connectivity index (χ1) is 14.2. The number of rotatable bonds is 0. The summed E-state index contributed by atoms with van der Waals surface area (Å²) in [5.41, 5.74) is 0. The minimum Gasteiger partial charge on any atom is -0.483 e. The van der Waals surface area contributed by atoms with Gasteiger partial charge in [0.25, 0.3) is 6.47 Å². The summed E-state index contributed by atoms with van der Waals surface area (Å²) in [6.45, 7) is 0.737. The van der Waals surface area contributed by atoms with E-state index in [1.165, 1.54) is 70.6 Å². The molecule has 0 aromatic rings. The number of ether oxygens (including phenoxy) is 1. The average molecular weight is 415 g/mol. The molecule has 7 heteroatoms. The number of hydrogen-bond donors (Lipinski definition) is 3. The van der Waals surface area contributed by atoms with Crippen molar-refractivity contribution in [1.82, 2.24) is 10.6 Å². The summed E-state index contributed by atoms with van der Waals surface area (Å²) in [6.07, 6.45) is 19.4. The summed E-state index contributed by atoms with van der Waals surface area (Å²) in [4.78, 5) is 31.6. The predicted molar refractivity (Wildman–Crippen MR) is 115 cm³/mol. The van der Waals surface area contributed by atoms with E-state index in [0.717, 1.165) is 25.7 Å². The normalized spacial score (nSPS) is 20.7. The number of esters is 1. The van der Waals surface area contributed by atoms with Crippen LogP contribution in [-0.4, -0.2) is 43.3 Å². The molecule has 7 nitrogen and oxygen atoms in total. The molecule has 0 aliphatic carbocycles. The lowest BCUT2D eigenvalue weighted by Gasteiger charge is -2.08. The lowest BCUT2D eigenvalue weighted by Crippen LogP contribution is -2.36. The van der Waals surface area contributed by atoms with Crippen molar-refractivity contribution in [3.8, 4) is 0 Å². The summed E-state index contributed by atoms with van der Waals surface area (Å²) >= 11 is 0. The Kier molecular flexibility index (Phi) is 21.4. The van der Waals surface area contributed by atoms with Gasteiger partial charge in [-0.2, -0.15) is 0 Å². The molecule has 1 aliphatic heterocycles. The molecule has 0 atom stereocenters. The van der Waals surface area contributed by atoms with E-state index in [0.29, 0.717) is 19.7 Å². The molecular formula is C22H42N2O5. The standard InChI is InChI=1S/C21H40N2O3.CH2O2/c24-20-16-14-12-10-8-6-4-2-1-3-5-7-9-11-13-15-17-26-21(25)18-22-19-23-20;2-1-3/h22H,1-19H2,(H,23,24);1H,(H,2,3). The Bertz CT molecular complexity index is 371. The van der Waals surface area contributed by atoms with E-state index in [2.05, 4.69) is 10.6 Å². The van der Waals surface area contributed by atoms with E-state index < -0.39 is 0 Å². The van der Waals surface area contributed by atoms with Crippen LogP contribution in [0.1, 0.15) is 103 Å². The zero-order chi connectivity index (χ0) is 21.4. The minimum atomic E-state index is -0.250. The quantitative estimate of drug-likeness (QED) is 0.406. The number of amides is 1. The summed E-state index contributed by atoms with van der Waals surface area (Å²) in [5.74, 6) is -0.186. The first-order valence-corrected chi connectivity index (χ1v) is 11.4. The van der Waals surface area contributed by atoms with Gasteiger partial charge in [0.1, 0.15) is 0 Å². The van der Waals surface area contributed by atoms with Gasteiger partial charge in [0.15, 0.2) is 0 Å². The monoisotopic (exact) mass is 414 g/mol. The summed E-state index contributed by atoms with van der Waals surface area (Å²) in [5, 5.41) is 12.6. The Hall–Kier alpha value is -1.63. The topological polar surface area (TPSA) is 105 Å². The minimum absolute atomic E-state index is 0.0559.